The van der Waals surface area contributed by atoms with Gasteiger partial charge >= 0.3 is 0 Å². The lowest BCUT2D eigenvalue weighted by atomic mass is 10.5. The van der Waals surface area contributed by atoms with Crippen molar-refractivity contribution in [2.24, 2.45) is 0 Å². The Labute approximate surface area is 86.9 Å². The molecule has 0 rings (SSSR count). The number of halogens is 4. The second-order valence-corrected chi connectivity index (χ2v) is 5.44. The van der Waals surface area contributed by atoms with Crippen LogP contribution < -0.4 is 0 Å². The van der Waals surface area contributed by atoms with Crippen LogP contribution in [-0.4, -0.2) is 22.4 Å². The number of hydrogen-bond acceptors (Lipinski definition) is 1. The van der Waals surface area contributed by atoms with Crippen molar-refractivity contribution in [2.45, 2.75) is 22.5 Å². The summed E-state index contributed by atoms with van der Waals surface area (Å²) in [5, 5.41) is 0. The Balaban J connectivity index is 3.15. The quantitative estimate of drug-likeness (QED) is 0.528. The predicted molar refractivity (Wildman–Crippen MR) is 51.0 cm³/mol. The Morgan fingerprint density at radius 2 is 1.91 bits per heavy atom. The Morgan fingerprint density at radius 3 is 2.27 bits per heavy atom. The third-order valence-corrected chi connectivity index (χ3v) is 1.49. The van der Waals surface area contributed by atoms with Crippen LogP contribution >= 0.6 is 46.4 Å². The smallest absolute Gasteiger partial charge is 0.138 e. The SMILES string of the molecule is CC(Cl)(Cl)COCCC(Cl)Cl. The van der Waals surface area contributed by atoms with Crippen molar-refractivity contribution < 1.29 is 4.74 Å². The van der Waals surface area contributed by atoms with Crippen LogP contribution in [0.5, 0.6) is 0 Å². The van der Waals surface area contributed by atoms with Crippen LogP contribution in [0, 0.1) is 0 Å². The highest BCUT2D eigenvalue weighted by atomic mass is 35.5. The zero-order valence-corrected chi connectivity index (χ0v) is 9.14. The molecule has 0 N–H and O–H groups in total. The van der Waals surface area contributed by atoms with Crippen molar-refractivity contribution in [1.82, 2.24) is 0 Å². The van der Waals surface area contributed by atoms with Crippen molar-refractivity contribution in [1.29, 1.82) is 0 Å². The Hall–Kier alpha value is 1.12. The second kappa shape index (κ2) is 5.71. The van der Waals surface area contributed by atoms with Gasteiger partial charge in [0.2, 0.25) is 0 Å². The highest BCUT2D eigenvalue weighted by Gasteiger charge is 2.15. The molecular weight excluding hydrogens is 230 g/mol. The molecule has 11 heavy (non-hydrogen) atoms. The molecule has 0 fully saturated rings. The van der Waals surface area contributed by atoms with E-state index in [9.17, 15) is 0 Å². The minimum atomic E-state index is -0.825. The molecule has 0 unspecified atom stereocenters. The van der Waals surface area contributed by atoms with Crippen LogP contribution in [0.2, 0.25) is 0 Å². The first-order chi connectivity index (χ1) is 4.92. The molecule has 0 heterocycles. The zero-order chi connectivity index (χ0) is 8.91. The van der Waals surface area contributed by atoms with Gasteiger partial charge < -0.3 is 4.74 Å². The molecule has 0 radical (unpaired) electrons. The number of rotatable bonds is 5. The standard InChI is InChI=1S/C6H10Cl4O/c1-6(9,10)4-11-3-2-5(7)8/h5H,2-4H2,1H3. The molecular formula is C6H10Cl4O. The minimum absolute atomic E-state index is 0.288. The van der Waals surface area contributed by atoms with Crippen LogP contribution in [-0.2, 0) is 4.74 Å². The summed E-state index contributed by atoms with van der Waals surface area (Å²) >= 11 is 22.1. The van der Waals surface area contributed by atoms with Gasteiger partial charge in [-0.15, -0.1) is 23.2 Å². The van der Waals surface area contributed by atoms with Crippen molar-refractivity contribution in [3.05, 3.63) is 0 Å². The van der Waals surface area contributed by atoms with Crippen LogP contribution in [0.4, 0.5) is 0 Å². The van der Waals surface area contributed by atoms with E-state index in [-0.39, 0.29) is 11.4 Å². The summed E-state index contributed by atoms with van der Waals surface area (Å²) in [6.45, 7) is 2.43. The molecule has 0 aliphatic heterocycles. The molecule has 0 aliphatic carbocycles. The molecule has 0 aliphatic rings. The first-order valence-corrected chi connectivity index (χ1v) is 4.78. The summed E-state index contributed by atoms with van der Waals surface area (Å²) in [4.78, 5) is -0.382. The van der Waals surface area contributed by atoms with Crippen molar-refractivity contribution in [3.63, 3.8) is 0 Å². The van der Waals surface area contributed by atoms with Gasteiger partial charge in [-0.05, 0) is 6.92 Å². The van der Waals surface area contributed by atoms with Crippen molar-refractivity contribution >= 4 is 46.4 Å². The van der Waals surface area contributed by atoms with E-state index in [4.69, 9.17) is 51.1 Å². The summed E-state index contributed by atoms with van der Waals surface area (Å²) in [5.74, 6) is 0. The topological polar surface area (TPSA) is 9.23 Å². The lowest BCUT2D eigenvalue weighted by Crippen LogP contribution is -2.16. The first kappa shape index (κ1) is 12.1. The van der Waals surface area contributed by atoms with E-state index in [0.29, 0.717) is 13.0 Å². The summed E-state index contributed by atoms with van der Waals surface area (Å²) in [5.41, 5.74) is 0. The minimum Gasteiger partial charge on any atom is -0.378 e. The summed E-state index contributed by atoms with van der Waals surface area (Å²) in [6.07, 6.45) is 0.590. The van der Waals surface area contributed by atoms with Crippen LogP contribution in [0.25, 0.3) is 0 Å². The largest absolute Gasteiger partial charge is 0.378 e. The van der Waals surface area contributed by atoms with E-state index in [1.54, 1.807) is 6.92 Å². The summed E-state index contributed by atoms with van der Waals surface area (Å²) in [6, 6.07) is 0. The molecule has 0 aromatic carbocycles. The number of hydrogen-bond donors (Lipinski definition) is 0. The average Bonchev–Trinajstić information content (AvgIpc) is 1.78. The Morgan fingerprint density at radius 1 is 1.36 bits per heavy atom. The fraction of sp³-hybridized carbons (Fsp3) is 1.00. The fourth-order valence-corrected chi connectivity index (χ4v) is 0.756. The van der Waals surface area contributed by atoms with E-state index in [1.165, 1.54) is 0 Å². The lowest BCUT2D eigenvalue weighted by Gasteiger charge is -2.13. The van der Waals surface area contributed by atoms with Gasteiger partial charge in [-0.25, -0.2) is 0 Å². The van der Waals surface area contributed by atoms with Gasteiger partial charge in [-0.2, -0.15) is 0 Å². The van der Waals surface area contributed by atoms with Crippen LogP contribution in [0.3, 0.4) is 0 Å². The Kier molecular flexibility index (Phi) is 6.29. The molecule has 0 amide bonds. The molecule has 0 atom stereocenters. The van der Waals surface area contributed by atoms with Gasteiger partial charge in [0, 0.05) is 13.0 Å². The molecule has 68 valence electrons. The van der Waals surface area contributed by atoms with Gasteiger partial charge in [0.1, 0.15) is 9.17 Å². The van der Waals surface area contributed by atoms with E-state index >= 15 is 0 Å². The molecule has 0 aromatic rings. The molecule has 0 bridgehead atoms. The van der Waals surface area contributed by atoms with Gasteiger partial charge in [-0.3, -0.25) is 0 Å². The maximum absolute atomic E-state index is 5.62. The van der Waals surface area contributed by atoms with Gasteiger partial charge in [0.25, 0.3) is 0 Å². The summed E-state index contributed by atoms with van der Waals surface area (Å²) < 4.78 is 4.25. The van der Waals surface area contributed by atoms with Crippen LogP contribution in [0.15, 0.2) is 0 Å². The monoisotopic (exact) mass is 238 g/mol. The van der Waals surface area contributed by atoms with Gasteiger partial charge in [-0.1, -0.05) is 23.2 Å². The van der Waals surface area contributed by atoms with E-state index in [2.05, 4.69) is 0 Å². The lowest BCUT2D eigenvalue weighted by molar-refractivity contribution is 0.130. The molecule has 0 aromatic heterocycles. The molecule has 0 saturated heterocycles. The zero-order valence-electron chi connectivity index (χ0n) is 6.12. The van der Waals surface area contributed by atoms with E-state index < -0.39 is 4.33 Å². The summed E-state index contributed by atoms with van der Waals surface area (Å²) in [7, 11) is 0. The molecule has 5 heteroatoms. The highest BCUT2D eigenvalue weighted by molar-refractivity contribution is 6.48. The maximum atomic E-state index is 5.62. The number of alkyl halides is 4. The molecule has 1 nitrogen and oxygen atoms in total. The third-order valence-electron chi connectivity index (χ3n) is 0.836. The van der Waals surface area contributed by atoms with E-state index in [1.807, 2.05) is 0 Å². The Bertz CT molecular complexity index is 99.2. The third kappa shape index (κ3) is 11.1. The maximum Gasteiger partial charge on any atom is 0.138 e. The highest BCUT2D eigenvalue weighted by Crippen LogP contribution is 2.19. The fourth-order valence-electron chi connectivity index (χ4n) is 0.424. The number of ether oxygens (including phenoxy) is 1. The molecule has 0 spiro atoms. The van der Waals surface area contributed by atoms with E-state index in [0.717, 1.165) is 0 Å². The first-order valence-electron chi connectivity index (χ1n) is 3.15. The van der Waals surface area contributed by atoms with Gasteiger partial charge in [0.15, 0.2) is 0 Å². The average molecular weight is 240 g/mol. The van der Waals surface area contributed by atoms with Gasteiger partial charge in [0.05, 0.1) is 6.61 Å². The van der Waals surface area contributed by atoms with Crippen LogP contribution in [0.1, 0.15) is 13.3 Å². The molecule has 0 saturated carbocycles. The normalized spacial score (nSPS) is 12.5. The second-order valence-electron chi connectivity index (χ2n) is 2.30. The predicted octanol–water partition coefficient (Wildman–Crippen LogP) is 3.39. The van der Waals surface area contributed by atoms with Crippen molar-refractivity contribution in [3.8, 4) is 0 Å². The van der Waals surface area contributed by atoms with Crippen molar-refractivity contribution in [2.75, 3.05) is 13.2 Å².